The molecule has 2 aromatic rings. The number of hydrogen-bond donors (Lipinski definition) is 1. The van der Waals surface area contributed by atoms with Gasteiger partial charge < -0.3 is 10.1 Å². The van der Waals surface area contributed by atoms with Crippen LogP contribution in [0.5, 0.6) is 5.75 Å². The molecule has 0 saturated carbocycles. The van der Waals surface area contributed by atoms with Gasteiger partial charge in [-0.15, -0.1) is 0 Å². The summed E-state index contributed by atoms with van der Waals surface area (Å²) in [5, 5.41) is 3.35. The van der Waals surface area contributed by atoms with Gasteiger partial charge in [0.1, 0.15) is 11.6 Å². The topological polar surface area (TPSA) is 21.3 Å². The minimum atomic E-state index is -0.220. The third-order valence-electron chi connectivity index (χ3n) is 3.08. The first-order valence-corrected chi connectivity index (χ1v) is 6.27. The SMILES string of the molecule is COc1ccc(C)cc1NC(C)c1cccc(F)c1. The zero-order valence-electron chi connectivity index (χ0n) is 11.4. The Morgan fingerprint density at radius 2 is 1.95 bits per heavy atom. The molecule has 0 fully saturated rings. The highest BCUT2D eigenvalue weighted by Gasteiger charge is 2.09. The Bertz CT molecular complexity index is 568. The summed E-state index contributed by atoms with van der Waals surface area (Å²) in [5.41, 5.74) is 2.97. The summed E-state index contributed by atoms with van der Waals surface area (Å²) in [5.74, 6) is 0.566. The third-order valence-corrected chi connectivity index (χ3v) is 3.08. The summed E-state index contributed by atoms with van der Waals surface area (Å²) < 4.78 is 18.5. The van der Waals surface area contributed by atoms with Crippen LogP contribution >= 0.6 is 0 Å². The monoisotopic (exact) mass is 259 g/mol. The van der Waals surface area contributed by atoms with Crippen LogP contribution in [0.3, 0.4) is 0 Å². The van der Waals surface area contributed by atoms with E-state index in [9.17, 15) is 4.39 Å². The number of ether oxygens (including phenoxy) is 1. The van der Waals surface area contributed by atoms with E-state index in [1.165, 1.54) is 6.07 Å². The largest absolute Gasteiger partial charge is 0.495 e. The average molecular weight is 259 g/mol. The maximum Gasteiger partial charge on any atom is 0.141 e. The second-order valence-electron chi connectivity index (χ2n) is 4.62. The molecule has 1 N–H and O–H groups in total. The van der Waals surface area contributed by atoms with Crippen molar-refractivity contribution in [2.45, 2.75) is 19.9 Å². The maximum absolute atomic E-state index is 13.2. The molecule has 0 amide bonds. The number of hydrogen-bond acceptors (Lipinski definition) is 2. The Morgan fingerprint density at radius 1 is 1.16 bits per heavy atom. The van der Waals surface area contributed by atoms with Gasteiger partial charge in [-0.3, -0.25) is 0 Å². The molecule has 0 aliphatic carbocycles. The summed E-state index contributed by atoms with van der Waals surface area (Å²) in [6, 6.07) is 12.6. The number of anilines is 1. The second kappa shape index (κ2) is 5.74. The molecule has 2 aromatic carbocycles. The van der Waals surface area contributed by atoms with E-state index in [1.54, 1.807) is 19.2 Å². The summed E-state index contributed by atoms with van der Waals surface area (Å²) >= 11 is 0. The highest BCUT2D eigenvalue weighted by Crippen LogP contribution is 2.29. The van der Waals surface area contributed by atoms with Gasteiger partial charge in [-0.2, -0.15) is 0 Å². The Hall–Kier alpha value is -2.03. The smallest absolute Gasteiger partial charge is 0.141 e. The average Bonchev–Trinajstić information content (AvgIpc) is 2.39. The lowest BCUT2D eigenvalue weighted by atomic mass is 10.1. The molecule has 0 spiro atoms. The molecule has 0 aliphatic heterocycles. The van der Waals surface area contributed by atoms with Crippen molar-refractivity contribution in [3.05, 3.63) is 59.4 Å². The quantitative estimate of drug-likeness (QED) is 0.883. The number of halogens is 1. The normalized spacial score (nSPS) is 12.0. The molecule has 1 unspecified atom stereocenters. The first-order chi connectivity index (χ1) is 9.10. The Morgan fingerprint density at radius 3 is 2.63 bits per heavy atom. The minimum absolute atomic E-state index is 0.00593. The van der Waals surface area contributed by atoms with Gasteiger partial charge in [0.15, 0.2) is 0 Å². The van der Waals surface area contributed by atoms with Crippen LogP contribution in [-0.2, 0) is 0 Å². The van der Waals surface area contributed by atoms with E-state index >= 15 is 0 Å². The Balaban J connectivity index is 2.23. The zero-order valence-corrected chi connectivity index (χ0v) is 11.4. The van der Waals surface area contributed by atoms with E-state index in [2.05, 4.69) is 5.32 Å². The molecule has 1 atom stereocenters. The standard InChI is InChI=1S/C16H18FNO/c1-11-7-8-16(19-3)15(9-11)18-12(2)13-5-4-6-14(17)10-13/h4-10,12,18H,1-3H3. The Kier molecular flexibility index (Phi) is 4.05. The summed E-state index contributed by atoms with van der Waals surface area (Å²) in [7, 11) is 1.64. The van der Waals surface area contributed by atoms with Gasteiger partial charge in [-0.05, 0) is 49.2 Å². The van der Waals surface area contributed by atoms with Gasteiger partial charge >= 0.3 is 0 Å². The first kappa shape index (κ1) is 13.4. The van der Waals surface area contributed by atoms with Crippen molar-refractivity contribution in [3.8, 4) is 5.75 Å². The molecule has 2 nitrogen and oxygen atoms in total. The highest BCUT2D eigenvalue weighted by atomic mass is 19.1. The van der Waals surface area contributed by atoms with Gasteiger partial charge in [-0.25, -0.2) is 4.39 Å². The fraction of sp³-hybridized carbons (Fsp3) is 0.250. The molecule has 3 heteroatoms. The molecule has 0 saturated heterocycles. The van der Waals surface area contributed by atoms with Crippen LogP contribution in [0, 0.1) is 12.7 Å². The predicted molar refractivity (Wildman–Crippen MR) is 76.2 cm³/mol. The van der Waals surface area contributed by atoms with Crippen LogP contribution < -0.4 is 10.1 Å². The van der Waals surface area contributed by atoms with E-state index < -0.39 is 0 Å². The van der Waals surface area contributed by atoms with Gasteiger partial charge in [0.05, 0.1) is 12.8 Å². The molecule has 2 rings (SSSR count). The van der Waals surface area contributed by atoms with Crippen LogP contribution in [0.25, 0.3) is 0 Å². The number of methoxy groups -OCH3 is 1. The molecule has 0 radical (unpaired) electrons. The first-order valence-electron chi connectivity index (χ1n) is 6.27. The van der Waals surface area contributed by atoms with Crippen molar-refractivity contribution in [2.24, 2.45) is 0 Å². The number of benzene rings is 2. The van der Waals surface area contributed by atoms with Crippen molar-refractivity contribution in [3.63, 3.8) is 0 Å². The van der Waals surface area contributed by atoms with Crippen LogP contribution in [0.1, 0.15) is 24.1 Å². The molecular formula is C16H18FNO. The number of nitrogens with one attached hydrogen (secondary N) is 1. The molecule has 100 valence electrons. The van der Waals surface area contributed by atoms with E-state index in [4.69, 9.17) is 4.74 Å². The summed E-state index contributed by atoms with van der Waals surface area (Å²) in [6.07, 6.45) is 0. The number of rotatable bonds is 4. The van der Waals surface area contributed by atoms with Crippen molar-refractivity contribution in [1.82, 2.24) is 0 Å². The second-order valence-corrected chi connectivity index (χ2v) is 4.62. The Labute approximate surface area is 113 Å². The minimum Gasteiger partial charge on any atom is -0.495 e. The molecule has 0 aliphatic rings. The van der Waals surface area contributed by atoms with Crippen molar-refractivity contribution >= 4 is 5.69 Å². The number of aryl methyl sites for hydroxylation is 1. The van der Waals surface area contributed by atoms with Gasteiger partial charge in [0, 0.05) is 6.04 Å². The van der Waals surface area contributed by atoms with E-state index in [-0.39, 0.29) is 11.9 Å². The molecule has 19 heavy (non-hydrogen) atoms. The van der Waals surface area contributed by atoms with Crippen LogP contribution in [0.4, 0.5) is 10.1 Å². The summed E-state index contributed by atoms with van der Waals surface area (Å²) in [4.78, 5) is 0. The molecule has 0 aromatic heterocycles. The van der Waals surface area contributed by atoms with Gasteiger partial charge in [0.2, 0.25) is 0 Å². The highest BCUT2D eigenvalue weighted by molar-refractivity contribution is 5.59. The lowest BCUT2D eigenvalue weighted by Crippen LogP contribution is -2.08. The zero-order chi connectivity index (χ0) is 13.8. The van der Waals surface area contributed by atoms with Gasteiger partial charge in [-0.1, -0.05) is 18.2 Å². The van der Waals surface area contributed by atoms with Crippen LogP contribution in [0.15, 0.2) is 42.5 Å². The summed E-state index contributed by atoms with van der Waals surface area (Å²) in [6.45, 7) is 4.02. The van der Waals surface area contributed by atoms with Crippen molar-refractivity contribution < 1.29 is 9.13 Å². The fourth-order valence-electron chi connectivity index (χ4n) is 2.03. The molecule has 0 bridgehead atoms. The predicted octanol–water partition coefficient (Wildman–Crippen LogP) is 4.32. The lowest BCUT2D eigenvalue weighted by Gasteiger charge is -2.18. The van der Waals surface area contributed by atoms with E-state index in [0.29, 0.717) is 0 Å². The van der Waals surface area contributed by atoms with Gasteiger partial charge in [0.25, 0.3) is 0 Å². The van der Waals surface area contributed by atoms with Crippen LogP contribution in [0.2, 0.25) is 0 Å². The van der Waals surface area contributed by atoms with E-state index in [1.807, 2.05) is 38.1 Å². The lowest BCUT2D eigenvalue weighted by molar-refractivity contribution is 0.416. The molecule has 0 heterocycles. The maximum atomic E-state index is 13.2. The molecular weight excluding hydrogens is 241 g/mol. The van der Waals surface area contributed by atoms with Crippen LogP contribution in [-0.4, -0.2) is 7.11 Å². The third kappa shape index (κ3) is 3.25. The van der Waals surface area contributed by atoms with Crippen molar-refractivity contribution in [1.29, 1.82) is 0 Å². The van der Waals surface area contributed by atoms with E-state index in [0.717, 1.165) is 22.6 Å². The fourth-order valence-corrected chi connectivity index (χ4v) is 2.03. The van der Waals surface area contributed by atoms with Crippen molar-refractivity contribution in [2.75, 3.05) is 12.4 Å².